The zero-order valence-electron chi connectivity index (χ0n) is 13.4. The lowest BCUT2D eigenvalue weighted by molar-refractivity contribution is 0.526. The number of thioether (sulfide) groups is 1. The van der Waals surface area contributed by atoms with Crippen LogP contribution in [0.15, 0.2) is 12.3 Å². The molecule has 1 aliphatic heterocycles. The molecule has 1 aromatic heterocycles. The lowest BCUT2D eigenvalue weighted by Gasteiger charge is -2.38. The van der Waals surface area contributed by atoms with Crippen molar-refractivity contribution in [2.45, 2.75) is 45.5 Å². The summed E-state index contributed by atoms with van der Waals surface area (Å²) in [5, 5.41) is 3.80. The van der Waals surface area contributed by atoms with Gasteiger partial charge >= 0.3 is 0 Å². The van der Waals surface area contributed by atoms with Gasteiger partial charge in [-0.3, -0.25) is 0 Å². The summed E-state index contributed by atoms with van der Waals surface area (Å²) in [5.74, 6) is 1.94. The van der Waals surface area contributed by atoms with E-state index < -0.39 is 0 Å². The Hall–Kier alpha value is -0.810. The lowest BCUT2D eigenvalue weighted by atomic mass is 10.1. The Morgan fingerprint density at radius 1 is 1.48 bits per heavy atom. The molecule has 1 saturated heterocycles. The number of anilines is 1. The van der Waals surface area contributed by atoms with Crippen LogP contribution in [0.4, 0.5) is 10.2 Å². The van der Waals surface area contributed by atoms with Crippen LogP contribution in [0.5, 0.6) is 0 Å². The van der Waals surface area contributed by atoms with Gasteiger partial charge in [0.05, 0.1) is 0 Å². The van der Waals surface area contributed by atoms with Gasteiger partial charge < -0.3 is 10.2 Å². The molecule has 0 bridgehead atoms. The fourth-order valence-corrected chi connectivity index (χ4v) is 3.63. The van der Waals surface area contributed by atoms with Gasteiger partial charge in [-0.1, -0.05) is 20.8 Å². The molecule has 0 saturated carbocycles. The minimum Gasteiger partial charge on any atom is -0.350 e. The highest BCUT2D eigenvalue weighted by molar-refractivity contribution is 8.00. The highest BCUT2D eigenvalue weighted by atomic mass is 32.2. The summed E-state index contributed by atoms with van der Waals surface area (Å²) in [4.78, 5) is 6.42. The molecule has 5 heteroatoms. The maximum atomic E-state index is 14.7. The van der Waals surface area contributed by atoms with Crippen LogP contribution in [-0.4, -0.2) is 35.1 Å². The summed E-state index contributed by atoms with van der Waals surface area (Å²) >= 11 is 1.95. The van der Waals surface area contributed by atoms with E-state index in [-0.39, 0.29) is 5.82 Å². The first kappa shape index (κ1) is 16.6. The number of aromatic nitrogens is 1. The Kier molecular flexibility index (Phi) is 5.88. The van der Waals surface area contributed by atoms with Crippen LogP contribution >= 0.6 is 11.8 Å². The fourth-order valence-electron chi connectivity index (χ4n) is 2.54. The van der Waals surface area contributed by atoms with E-state index in [2.05, 4.69) is 42.9 Å². The SMILES string of the molecule is CC(C)CNCc1ccnc(N2CCSC(C)C2C)c1F. The maximum absolute atomic E-state index is 14.7. The molecule has 1 aromatic rings. The quantitative estimate of drug-likeness (QED) is 0.903. The van der Waals surface area contributed by atoms with Crippen molar-refractivity contribution in [1.29, 1.82) is 0 Å². The van der Waals surface area contributed by atoms with Crippen molar-refractivity contribution >= 4 is 17.6 Å². The van der Waals surface area contributed by atoms with Crippen molar-refractivity contribution in [2.24, 2.45) is 5.92 Å². The first-order valence-corrected chi connectivity index (χ1v) is 8.78. The van der Waals surface area contributed by atoms with E-state index in [4.69, 9.17) is 0 Å². The molecule has 2 unspecified atom stereocenters. The maximum Gasteiger partial charge on any atom is 0.170 e. The van der Waals surface area contributed by atoms with E-state index in [9.17, 15) is 4.39 Å². The molecule has 2 atom stereocenters. The van der Waals surface area contributed by atoms with Crippen LogP contribution < -0.4 is 10.2 Å². The third-order valence-electron chi connectivity index (χ3n) is 3.97. The molecule has 3 nitrogen and oxygen atoms in total. The standard InChI is InChI=1S/C16H26FN3S/c1-11(2)9-18-10-14-5-6-19-16(15(14)17)20-7-8-21-13(4)12(20)3/h5-6,11-13,18H,7-10H2,1-4H3. The van der Waals surface area contributed by atoms with E-state index in [0.29, 0.717) is 35.1 Å². The number of pyridine rings is 1. The van der Waals surface area contributed by atoms with E-state index in [0.717, 1.165) is 18.8 Å². The van der Waals surface area contributed by atoms with Crippen molar-refractivity contribution < 1.29 is 4.39 Å². The van der Waals surface area contributed by atoms with Crippen LogP contribution in [0.3, 0.4) is 0 Å². The number of nitrogens with zero attached hydrogens (tertiary/aromatic N) is 2. The Morgan fingerprint density at radius 3 is 2.95 bits per heavy atom. The van der Waals surface area contributed by atoms with Crippen LogP contribution in [0.1, 0.15) is 33.3 Å². The Balaban J connectivity index is 2.13. The normalized spacial score (nSPS) is 22.9. The third kappa shape index (κ3) is 4.10. The summed E-state index contributed by atoms with van der Waals surface area (Å²) in [6, 6.07) is 2.09. The Bertz CT molecular complexity index is 467. The topological polar surface area (TPSA) is 28.2 Å². The van der Waals surface area contributed by atoms with Crippen LogP contribution in [0.25, 0.3) is 0 Å². The van der Waals surface area contributed by atoms with E-state index >= 15 is 0 Å². The predicted molar refractivity (Wildman–Crippen MR) is 89.5 cm³/mol. The largest absolute Gasteiger partial charge is 0.350 e. The summed E-state index contributed by atoms with van der Waals surface area (Å²) in [5.41, 5.74) is 0.707. The Morgan fingerprint density at radius 2 is 2.24 bits per heavy atom. The van der Waals surface area contributed by atoms with Crippen molar-refractivity contribution in [3.63, 3.8) is 0 Å². The molecule has 0 amide bonds. The van der Waals surface area contributed by atoms with Crippen LogP contribution in [0, 0.1) is 11.7 Å². The third-order valence-corrected chi connectivity index (χ3v) is 5.31. The molecule has 0 spiro atoms. The van der Waals surface area contributed by atoms with E-state index in [1.165, 1.54) is 0 Å². The molecule has 1 N–H and O–H groups in total. The molecular formula is C16H26FN3S. The average Bonchev–Trinajstić information content (AvgIpc) is 2.44. The molecule has 1 aliphatic rings. The van der Waals surface area contributed by atoms with Gasteiger partial charge in [0.15, 0.2) is 11.6 Å². The summed E-state index contributed by atoms with van der Waals surface area (Å²) < 4.78 is 14.7. The summed E-state index contributed by atoms with van der Waals surface area (Å²) in [7, 11) is 0. The molecule has 21 heavy (non-hydrogen) atoms. The zero-order chi connectivity index (χ0) is 15.4. The molecule has 2 heterocycles. The van der Waals surface area contributed by atoms with Crippen molar-refractivity contribution in [1.82, 2.24) is 10.3 Å². The van der Waals surface area contributed by atoms with Gasteiger partial charge in [0.25, 0.3) is 0 Å². The second-order valence-corrected chi connectivity index (χ2v) is 7.63. The molecule has 1 fully saturated rings. The monoisotopic (exact) mass is 311 g/mol. The number of halogens is 1. The molecule has 0 aliphatic carbocycles. The summed E-state index contributed by atoms with van der Waals surface area (Å²) in [6.45, 7) is 11.0. The number of hydrogen-bond donors (Lipinski definition) is 1. The molecule has 2 rings (SSSR count). The van der Waals surface area contributed by atoms with Gasteiger partial charge in [-0.15, -0.1) is 0 Å². The first-order valence-electron chi connectivity index (χ1n) is 7.73. The number of hydrogen-bond acceptors (Lipinski definition) is 4. The minimum absolute atomic E-state index is 0.167. The first-order chi connectivity index (χ1) is 10.0. The van der Waals surface area contributed by atoms with Gasteiger partial charge in [0.2, 0.25) is 0 Å². The van der Waals surface area contributed by atoms with Crippen LogP contribution in [0.2, 0.25) is 0 Å². The van der Waals surface area contributed by atoms with Gasteiger partial charge in [-0.2, -0.15) is 11.8 Å². The highest BCUT2D eigenvalue weighted by Crippen LogP contribution is 2.30. The Labute approximate surface area is 131 Å². The predicted octanol–water partition coefficient (Wildman–Crippen LogP) is 3.30. The summed E-state index contributed by atoms with van der Waals surface area (Å²) in [6.07, 6.45) is 1.73. The number of nitrogens with one attached hydrogen (secondary N) is 1. The van der Waals surface area contributed by atoms with Gasteiger partial charge in [0.1, 0.15) is 0 Å². The highest BCUT2D eigenvalue weighted by Gasteiger charge is 2.28. The van der Waals surface area contributed by atoms with Gasteiger partial charge in [-0.25, -0.2) is 9.37 Å². The van der Waals surface area contributed by atoms with Crippen molar-refractivity contribution in [2.75, 3.05) is 23.7 Å². The smallest absolute Gasteiger partial charge is 0.170 e. The second-order valence-electron chi connectivity index (χ2n) is 6.14. The van der Waals surface area contributed by atoms with Gasteiger partial charge in [-0.05, 0) is 25.5 Å². The lowest BCUT2D eigenvalue weighted by Crippen LogP contribution is -2.45. The zero-order valence-corrected chi connectivity index (χ0v) is 14.2. The molecule has 118 valence electrons. The van der Waals surface area contributed by atoms with Crippen molar-refractivity contribution in [3.05, 3.63) is 23.6 Å². The molecular weight excluding hydrogens is 285 g/mol. The van der Waals surface area contributed by atoms with Crippen LogP contribution in [-0.2, 0) is 6.54 Å². The van der Waals surface area contributed by atoms with Crippen molar-refractivity contribution in [3.8, 4) is 0 Å². The van der Waals surface area contributed by atoms with E-state index in [1.807, 2.05) is 11.8 Å². The van der Waals surface area contributed by atoms with E-state index in [1.54, 1.807) is 12.3 Å². The second kappa shape index (κ2) is 7.45. The fraction of sp³-hybridized carbons (Fsp3) is 0.688. The van der Waals surface area contributed by atoms with Gasteiger partial charge in [0, 0.05) is 41.9 Å². The molecule has 0 radical (unpaired) electrons. The average molecular weight is 311 g/mol. The number of rotatable bonds is 5. The molecule has 0 aromatic carbocycles. The minimum atomic E-state index is -0.167.